The van der Waals surface area contributed by atoms with E-state index in [2.05, 4.69) is 15.0 Å². The number of nitrogens with two attached hydrogens (primary N) is 4. The minimum atomic E-state index is -1.00. The predicted molar refractivity (Wildman–Crippen MR) is 78.5 cm³/mol. The van der Waals surface area contributed by atoms with Gasteiger partial charge in [-0.05, 0) is 0 Å². The summed E-state index contributed by atoms with van der Waals surface area (Å²) >= 11 is 5.69. The second kappa shape index (κ2) is 5.97. The summed E-state index contributed by atoms with van der Waals surface area (Å²) in [6.45, 7) is 0.371. The molecule has 22 heavy (non-hydrogen) atoms. The van der Waals surface area contributed by atoms with Crippen LogP contribution in [0.1, 0.15) is 0 Å². The zero-order valence-corrected chi connectivity index (χ0v) is 11.9. The summed E-state index contributed by atoms with van der Waals surface area (Å²) in [7, 11) is 0. The van der Waals surface area contributed by atoms with Crippen molar-refractivity contribution in [2.45, 2.75) is 6.54 Å². The van der Waals surface area contributed by atoms with Gasteiger partial charge in [0.2, 0.25) is 0 Å². The largest absolute Gasteiger partial charge is 0.350 e. The first-order chi connectivity index (χ1) is 10.4. The molecule has 2 rings (SSSR count). The van der Waals surface area contributed by atoms with Gasteiger partial charge in [-0.2, -0.15) is 15.0 Å². The van der Waals surface area contributed by atoms with E-state index in [-0.39, 0.29) is 28.8 Å². The minimum absolute atomic E-state index is 0.127. The van der Waals surface area contributed by atoms with Crippen molar-refractivity contribution in [3.63, 3.8) is 0 Å². The van der Waals surface area contributed by atoms with Crippen molar-refractivity contribution in [3.8, 4) is 0 Å². The van der Waals surface area contributed by atoms with Crippen LogP contribution in [0, 0.1) is 0 Å². The van der Waals surface area contributed by atoms with Gasteiger partial charge in [0.1, 0.15) is 0 Å². The van der Waals surface area contributed by atoms with Gasteiger partial charge < -0.3 is 16.0 Å². The first-order valence-electron chi connectivity index (χ1n) is 5.84. The zero-order valence-electron chi connectivity index (χ0n) is 11.2. The lowest BCUT2D eigenvalue weighted by atomic mass is 10.4. The molecule has 118 valence electrons. The maximum absolute atomic E-state index is 11.3. The van der Waals surface area contributed by atoms with Crippen LogP contribution >= 0.6 is 11.6 Å². The Morgan fingerprint density at radius 2 is 1.82 bits per heavy atom. The number of halogens is 1. The highest BCUT2D eigenvalue weighted by Gasteiger charge is 2.22. The van der Waals surface area contributed by atoms with Gasteiger partial charge in [0.15, 0.2) is 17.0 Å². The van der Waals surface area contributed by atoms with Gasteiger partial charge in [-0.3, -0.25) is 0 Å². The Hall–Kier alpha value is -2.70. The fourth-order valence-corrected chi connectivity index (χ4v) is 1.83. The Bertz CT molecular complexity index is 731. The number of urea groups is 2. The molecular weight excluding hydrogens is 316 g/mol. The van der Waals surface area contributed by atoms with E-state index >= 15 is 0 Å². The molecule has 0 aromatic carbocycles. The summed E-state index contributed by atoms with van der Waals surface area (Å²) < 4.78 is 1.57. The monoisotopic (exact) mass is 328 g/mol. The van der Waals surface area contributed by atoms with Gasteiger partial charge in [-0.1, -0.05) is 0 Å². The highest BCUT2D eigenvalue weighted by Crippen LogP contribution is 2.23. The maximum Gasteiger partial charge on any atom is 0.336 e. The summed E-state index contributed by atoms with van der Waals surface area (Å²) in [6.07, 6.45) is 1.43. The number of hydrazine groups is 2. The minimum Gasteiger partial charge on any atom is -0.350 e. The number of hydrogen-bond donors (Lipinski definition) is 4. The molecule has 8 N–H and O–H groups in total. The standard InChI is InChI=1S/C9H13ClN10O2/c10-1-2-18-3-15-4-5(18)16-9(20(14)8(12)22)17-6(4)19(13)7(11)21/h3H,1-2,13-14H2,(H2,11,21)(H2,12,22). The quantitative estimate of drug-likeness (QED) is 0.229. The van der Waals surface area contributed by atoms with Gasteiger partial charge in [0.05, 0.1) is 6.33 Å². The van der Waals surface area contributed by atoms with E-state index in [1.807, 2.05) is 0 Å². The lowest BCUT2D eigenvalue weighted by Crippen LogP contribution is -2.45. The number of hydrogen-bond acceptors (Lipinski definition) is 7. The van der Waals surface area contributed by atoms with Gasteiger partial charge in [-0.25, -0.2) is 31.3 Å². The molecule has 0 aliphatic carbocycles. The number of carbonyl (C=O) groups excluding carboxylic acids is 2. The fraction of sp³-hybridized carbons (Fsp3) is 0.222. The molecule has 2 heterocycles. The molecule has 0 saturated heterocycles. The molecule has 0 spiro atoms. The molecule has 0 bridgehead atoms. The molecule has 2 aromatic rings. The van der Waals surface area contributed by atoms with Crippen LogP contribution in [0.15, 0.2) is 6.33 Å². The molecule has 12 nitrogen and oxygen atoms in total. The average Bonchev–Trinajstić information content (AvgIpc) is 2.88. The summed E-state index contributed by atoms with van der Waals surface area (Å²) in [4.78, 5) is 34.5. The van der Waals surface area contributed by atoms with Crippen molar-refractivity contribution in [3.05, 3.63) is 6.33 Å². The van der Waals surface area contributed by atoms with Crippen molar-refractivity contribution < 1.29 is 9.59 Å². The molecule has 0 atom stereocenters. The van der Waals surface area contributed by atoms with E-state index in [1.165, 1.54) is 6.33 Å². The Kier molecular flexibility index (Phi) is 4.25. The summed E-state index contributed by atoms with van der Waals surface area (Å²) in [5.74, 6) is 10.9. The van der Waals surface area contributed by atoms with Crippen LogP contribution in [0.25, 0.3) is 11.2 Å². The smallest absolute Gasteiger partial charge is 0.336 e. The summed E-state index contributed by atoms with van der Waals surface area (Å²) in [5, 5.41) is 1.05. The lowest BCUT2D eigenvalue weighted by molar-refractivity contribution is 0.253. The van der Waals surface area contributed by atoms with Crippen molar-refractivity contribution >= 4 is 46.6 Å². The molecular formula is C9H13ClN10O2. The van der Waals surface area contributed by atoms with Gasteiger partial charge in [0.25, 0.3) is 5.95 Å². The SMILES string of the molecule is NC(=O)N(N)c1nc(N(N)C(N)=O)c2ncn(CCCl)c2n1. The van der Waals surface area contributed by atoms with E-state index in [1.54, 1.807) is 4.57 Å². The third kappa shape index (κ3) is 2.69. The van der Waals surface area contributed by atoms with Crippen molar-refractivity contribution in [1.82, 2.24) is 19.5 Å². The number of primary amides is 2. The van der Waals surface area contributed by atoms with Crippen LogP contribution in [-0.2, 0) is 6.54 Å². The molecule has 0 fully saturated rings. The van der Waals surface area contributed by atoms with Crippen molar-refractivity contribution in [2.24, 2.45) is 23.2 Å². The molecule has 0 aliphatic rings. The third-order valence-electron chi connectivity index (χ3n) is 2.68. The van der Waals surface area contributed by atoms with Crippen LogP contribution < -0.4 is 33.2 Å². The molecule has 13 heteroatoms. The van der Waals surface area contributed by atoms with Crippen LogP contribution in [0.4, 0.5) is 21.4 Å². The molecule has 2 aromatic heterocycles. The molecule has 4 amide bonds. The fourth-order valence-electron chi connectivity index (χ4n) is 1.65. The van der Waals surface area contributed by atoms with E-state index in [0.29, 0.717) is 16.6 Å². The number of imidazole rings is 1. The van der Waals surface area contributed by atoms with Crippen molar-refractivity contribution in [1.29, 1.82) is 0 Å². The normalized spacial score (nSPS) is 10.7. The third-order valence-corrected chi connectivity index (χ3v) is 2.85. The highest BCUT2D eigenvalue weighted by atomic mass is 35.5. The van der Waals surface area contributed by atoms with Gasteiger partial charge >= 0.3 is 12.1 Å². The van der Waals surface area contributed by atoms with E-state index in [9.17, 15) is 9.59 Å². The van der Waals surface area contributed by atoms with Gasteiger partial charge in [0, 0.05) is 12.4 Å². The molecule has 0 unspecified atom stereocenters. The Morgan fingerprint density at radius 1 is 1.18 bits per heavy atom. The Morgan fingerprint density at radius 3 is 2.36 bits per heavy atom. The van der Waals surface area contributed by atoms with Crippen LogP contribution in [0.2, 0.25) is 0 Å². The number of amides is 4. The number of fused-ring (bicyclic) bond motifs is 1. The Balaban J connectivity index is 2.70. The predicted octanol–water partition coefficient (Wildman–Crippen LogP) is -1.42. The number of carbonyl (C=O) groups is 2. The topological polar surface area (TPSA) is 188 Å². The summed E-state index contributed by atoms with van der Waals surface area (Å²) in [6, 6.07) is -1.99. The molecule has 0 saturated carbocycles. The van der Waals surface area contributed by atoms with E-state index in [4.69, 9.17) is 34.8 Å². The average molecular weight is 329 g/mol. The number of rotatable bonds is 4. The first kappa shape index (κ1) is 15.7. The molecule has 0 aliphatic heterocycles. The van der Waals surface area contributed by atoms with Crippen LogP contribution in [0.5, 0.6) is 0 Å². The number of alkyl halides is 1. The Labute approximate surface area is 128 Å². The van der Waals surface area contributed by atoms with E-state index < -0.39 is 12.1 Å². The van der Waals surface area contributed by atoms with Crippen LogP contribution in [0.3, 0.4) is 0 Å². The molecule has 0 radical (unpaired) electrons. The first-order valence-corrected chi connectivity index (χ1v) is 6.37. The maximum atomic E-state index is 11.3. The second-order valence-corrected chi connectivity index (χ2v) is 4.44. The number of aromatic nitrogens is 4. The zero-order chi connectivity index (χ0) is 16.4. The number of aryl methyl sites for hydroxylation is 1. The lowest BCUT2D eigenvalue weighted by Gasteiger charge is -2.17. The second-order valence-electron chi connectivity index (χ2n) is 4.06. The van der Waals surface area contributed by atoms with Crippen LogP contribution in [-0.4, -0.2) is 37.5 Å². The van der Waals surface area contributed by atoms with Crippen molar-refractivity contribution in [2.75, 3.05) is 15.9 Å². The van der Waals surface area contributed by atoms with E-state index in [0.717, 1.165) is 0 Å². The summed E-state index contributed by atoms with van der Waals surface area (Å²) in [5.41, 5.74) is 10.6. The number of nitrogens with zero attached hydrogens (tertiary/aromatic N) is 6. The highest BCUT2D eigenvalue weighted by molar-refractivity contribution is 6.17. The van der Waals surface area contributed by atoms with Gasteiger partial charge in [-0.15, -0.1) is 11.6 Å². The number of anilines is 2.